The fourth-order valence-electron chi connectivity index (χ4n) is 3.07. The summed E-state index contributed by atoms with van der Waals surface area (Å²) in [6.07, 6.45) is 0. The van der Waals surface area contributed by atoms with Crippen molar-refractivity contribution < 1.29 is 19.7 Å². The number of ether oxygens (including phenoxy) is 2. The summed E-state index contributed by atoms with van der Waals surface area (Å²) >= 11 is 3.46. The number of benzene rings is 3. The molecule has 0 spiro atoms. The summed E-state index contributed by atoms with van der Waals surface area (Å²) in [5.41, 5.74) is 2.37. The Hall–Kier alpha value is -2.86. The maximum absolute atomic E-state index is 9.78. The van der Waals surface area contributed by atoms with Gasteiger partial charge in [-0.05, 0) is 36.4 Å². The molecule has 0 atom stereocenters. The highest BCUT2D eigenvalue weighted by Crippen LogP contribution is 2.60. The molecular formula is C18H10BrNO4. The molecule has 118 valence electrons. The van der Waals surface area contributed by atoms with Crippen molar-refractivity contribution in [3.63, 3.8) is 0 Å². The van der Waals surface area contributed by atoms with E-state index in [1.807, 2.05) is 17.0 Å². The molecule has 0 radical (unpaired) electrons. The number of hydrogen-bond donors (Lipinski definition) is 2. The van der Waals surface area contributed by atoms with Gasteiger partial charge in [0.25, 0.3) is 0 Å². The van der Waals surface area contributed by atoms with Crippen molar-refractivity contribution in [1.82, 2.24) is 0 Å². The molecule has 3 aromatic carbocycles. The van der Waals surface area contributed by atoms with Gasteiger partial charge in [-0.15, -0.1) is 0 Å². The first-order valence-corrected chi connectivity index (χ1v) is 8.05. The summed E-state index contributed by atoms with van der Waals surface area (Å²) in [6, 6.07) is 13.7. The van der Waals surface area contributed by atoms with E-state index in [0.717, 1.165) is 21.5 Å². The molecule has 2 aliphatic heterocycles. The summed E-state index contributed by atoms with van der Waals surface area (Å²) in [4.78, 5) is 2.01. The van der Waals surface area contributed by atoms with E-state index in [1.54, 1.807) is 36.4 Å². The van der Waals surface area contributed by atoms with Crippen molar-refractivity contribution >= 4 is 33.0 Å². The van der Waals surface area contributed by atoms with Gasteiger partial charge in [-0.25, -0.2) is 0 Å². The number of phenolic OH excluding ortho intramolecular Hbond substituents is 2. The van der Waals surface area contributed by atoms with Gasteiger partial charge in [0.05, 0.1) is 11.4 Å². The highest BCUT2D eigenvalue weighted by molar-refractivity contribution is 9.10. The van der Waals surface area contributed by atoms with Crippen LogP contribution in [0.15, 0.2) is 53.0 Å². The lowest BCUT2D eigenvalue weighted by Gasteiger charge is -2.37. The summed E-state index contributed by atoms with van der Waals surface area (Å²) in [6.45, 7) is 0. The summed E-state index contributed by atoms with van der Waals surface area (Å²) in [7, 11) is 0. The molecule has 0 saturated carbocycles. The SMILES string of the molecule is Oc1ccc2c(c1)Oc1cc(Br)cc3c1N2c1ccc(O)cc1O3. The second-order valence-electron chi connectivity index (χ2n) is 5.59. The minimum Gasteiger partial charge on any atom is -0.508 e. The Bertz CT molecular complexity index is 941. The Kier molecular flexibility index (Phi) is 2.59. The molecular weight excluding hydrogens is 374 g/mol. The molecule has 3 aromatic rings. The zero-order chi connectivity index (χ0) is 16.4. The molecule has 2 aliphatic rings. The van der Waals surface area contributed by atoms with Crippen molar-refractivity contribution in [2.75, 3.05) is 4.90 Å². The topological polar surface area (TPSA) is 62.2 Å². The predicted molar refractivity (Wildman–Crippen MR) is 92.3 cm³/mol. The maximum Gasteiger partial charge on any atom is 0.156 e. The Labute approximate surface area is 145 Å². The van der Waals surface area contributed by atoms with Gasteiger partial charge in [-0.3, -0.25) is 4.90 Å². The first-order valence-electron chi connectivity index (χ1n) is 7.25. The molecule has 0 unspecified atom stereocenters. The number of anilines is 3. The largest absolute Gasteiger partial charge is 0.508 e. The fourth-order valence-corrected chi connectivity index (χ4v) is 3.49. The molecule has 0 amide bonds. The van der Waals surface area contributed by atoms with Crippen molar-refractivity contribution in [3.8, 4) is 34.5 Å². The van der Waals surface area contributed by atoms with Gasteiger partial charge in [0.15, 0.2) is 23.0 Å². The first kappa shape index (κ1) is 13.6. The Morgan fingerprint density at radius 3 is 1.71 bits per heavy atom. The third-order valence-electron chi connectivity index (χ3n) is 4.04. The molecule has 2 heterocycles. The van der Waals surface area contributed by atoms with E-state index in [1.165, 1.54) is 0 Å². The van der Waals surface area contributed by atoms with Crippen LogP contribution < -0.4 is 14.4 Å². The third kappa shape index (κ3) is 1.80. The second kappa shape index (κ2) is 4.58. The lowest BCUT2D eigenvalue weighted by molar-refractivity contribution is 0.432. The molecule has 6 heteroatoms. The number of aromatic hydroxyl groups is 2. The normalized spacial score (nSPS) is 13.3. The lowest BCUT2D eigenvalue weighted by Crippen LogP contribution is -2.20. The van der Waals surface area contributed by atoms with E-state index in [4.69, 9.17) is 9.47 Å². The average Bonchev–Trinajstić information content (AvgIpc) is 2.53. The number of rotatable bonds is 0. The van der Waals surface area contributed by atoms with E-state index in [0.29, 0.717) is 23.0 Å². The lowest BCUT2D eigenvalue weighted by atomic mass is 10.1. The molecule has 0 saturated heterocycles. The first-order chi connectivity index (χ1) is 11.6. The van der Waals surface area contributed by atoms with Crippen LogP contribution in [0.2, 0.25) is 0 Å². The van der Waals surface area contributed by atoms with Crippen LogP contribution >= 0.6 is 15.9 Å². The molecule has 0 aromatic heterocycles. The van der Waals surface area contributed by atoms with E-state index < -0.39 is 0 Å². The minimum absolute atomic E-state index is 0.131. The van der Waals surface area contributed by atoms with Crippen LogP contribution in [0.4, 0.5) is 17.1 Å². The van der Waals surface area contributed by atoms with Gasteiger partial charge in [0.2, 0.25) is 0 Å². The van der Waals surface area contributed by atoms with E-state index >= 15 is 0 Å². The summed E-state index contributed by atoms with van der Waals surface area (Å²) in [5.74, 6) is 2.60. The van der Waals surface area contributed by atoms with E-state index in [2.05, 4.69) is 15.9 Å². The molecule has 2 N–H and O–H groups in total. The Morgan fingerprint density at radius 2 is 1.21 bits per heavy atom. The van der Waals surface area contributed by atoms with Crippen LogP contribution in [-0.2, 0) is 0 Å². The van der Waals surface area contributed by atoms with Crippen molar-refractivity contribution in [2.24, 2.45) is 0 Å². The van der Waals surface area contributed by atoms with Crippen molar-refractivity contribution in [3.05, 3.63) is 53.0 Å². The Morgan fingerprint density at radius 1 is 0.708 bits per heavy atom. The predicted octanol–water partition coefficient (Wildman–Crippen LogP) is 5.54. The van der Waals surface area contributed by atoms with Gasteiger partial charge >= 0.3 is 0 Å². The van der Waals surface area contributed by atoms with Gasteiger partial charge in [-0.2, -0.15) is 0 Å². The molecule has 0 fully saturated rings. The highest BCUT2D eigenvalue weighted by atomic mass is 79.9. The highest BCUT2D eigenvalue weighted by Gasteiger charge is 2.35. The molecule has 0 aliphatic carbocycles. The fraction of sp³-hybridized carbons (Fsp3) is 0. The maximum atomic E-state index is 9.78. The van der Waals surface area contributed by atoms with Crippen LogP contribution in [0.25, 0.3) is 0 Å². The van der Waals surface area contributed by atoms with Crippen LogP contribution in [0, 0.1) is 0 Å². The van der Waals surface area contributed by atoms with Crippen LogP contribution in [0.3, 0.4) is 0 Å². The second-order valence-corrected chi connectivity index (χ2v) is 6.51. The molecule has 5 nitrogen and oxygen atoms in total. The number of hydrogen-bond acceptors (Lipinski definition) is 5. The molecule has 5 rings (SSSR count). The van der Waals surface area contributed by atoms with Crippen LogP contribution in [0.5, 0.6) is 34.5 Å². The zero-order valence-electron chi connectivity index (χ0n) is 12.2. The minimum atomic E-state index is 0.131. The number of halogens is 1. The van der Waals surface area contributed by atoms with Crippen molar-refractivity contribution in [1.29, 1.82) is 0 Å². The number of fused-ring (bicyclic) bond motifs is 4. The third-order valence-corrected chi connectivity index (χ3v) is 4.49. The van der Waals surface area contributed by atoms with Crippen LogP contribution in [-0.4, -0.2) is 10.2 Å². The monoisotopic (exact) mass is 383 g/mol. The smallest absolute Gasteiger partial charge is 0.156 e. The van der Waals surface area contributed by atoms with E-state index in [-0.39, 0.29) is 11.5 Å². The average molecular weight is 384 g/mol. The molecule has 0 bridgehead atoms. The standard InChI is InChI=1S/C18H10BrNO4/c19-9-5-16-18-17(6-9)24-15-8-11(22)2-4-13(15)20(18)12-3-1-10(21)7-14(12)23-16/h1-8,21-22H. The Balaban J connectivity index is 1.85. The summed E-state index contributed by atoms with van der Waals surface area (Å²) in [5, 5.41) is 19.6. The zero-order valence-corrected chi connectivity index (χ0v) is 13.7. The van der Waals surface area contributed by atoms with Crippen molar-refractivity contribution in [2.45, 2.75) is 0 Å². The number of phenols is 2. The summed E-state index contributed by atoms with van der Waals surface area (Å²) < 4.78 is 12.7. The molecule has 24 heavy (non-hydrogen) atoms. The van der Waals surface area contributed by atoms with Crippen LogP contribution in [0.1, 0.15) is 0 Å². The van der Waals surface area contributed by atoms with Gasteiger partial charge < -0.3 is 19.7 Å². The number of nitrogens with zero attached hydrogens (tertiary/aromatic N) is 1. The van der Waals surface area contributed by atoms with Gasteiger partial charge in [0, 0.05) is 16.6 Å². The van der Waals surface area contributed by atoms with Gasteiger partial charge in [0.1, 0.15) is 17.2 Å². The van der Waals surface area contributed by atoms with Gasteiger partial charge in [-0.1, -0.05) is 15.9 Å². The van der Waals surface area contributed by atoms with E-state index in [9.17, 15) is 10.2 Å². The quantitative estimate of drug-likeness (QED) is 0.367.